The van der Waals surface area contributed by atoms with Gasteiger partial charge in [-0.15, -0.1) is 0 Å². The number of rotatable bonds is 7. The van der Waals surface area contributed by atoms with Crippen LogP contribution in [0.15, 0.2) is 0 Å². The molecule has 0 aromatic heterocycles. The average Bonchev–Trinajstić information content (AvgIpc) is 2.06. The molecule has 0 bridgehead atoms. The lowest BCUT2D eigenvalue weighted by Gasteiger charge is -2.32. The molecule has 0 aliphatic rings. The molecular weight excluding hydrogens is 224 g/mol. The Kier molecular flexibility index (Phi) is 8.39. The lowest BCUT2D eigenvalue weighted by Crippen LogP contribution is -2.33. The lowest BCUT2D eigenvalue weighted by atomic mass is 9.94. The topological polar surface area (TPSA) is 9.23 Å². The van der Waals surface area contributed by atoms with Crippen LogP contribution in [0.4, 0.5) is 0 Å². The first-order valence-electron chi connectivity index (χ1n) is 4.12. The van der Waals surface area contributed by atoms with Crippen molar-refractivity contribution >= 4 is 48.4 Å². The maximum atomic E-state index is 5.65. The summed E-state index contributed by atoms with van der Waals surface area (Å²) >= 11 is 12.7. The Morgan fingerprint density at radius 2 is 1.25 bits per heavy atom. The van der Waals surface area contributed by atoms with Crippen molar-refractivity contribution in [3.63, 3.8) is 0 Å². The summed E-state index contributed by atoms with van der Waals surface area (Å²) < 4.78 is 5.65. The summed E-state index contributed by atoms with van der Waals surface area (Å²) in [6.45, 7) is 0. The van der Waals surface area contributed by atoms with Gasteiger partial charge in [0.1, 0.15) is 10.5 Å². The van der Waals surface area contributed by atoms with Crippen LogP contribution in [0.25, 0.3) is 0 Å². The Morgan fingerprint density at radius 1 is 0.917 bits per heavy atom. The number of hydrogen-bond donors (Lipinski definition) is 3. The minimum absolute atomic E-state index is 0.0253. The zero-order valence-electron chi connectivity index (χ0n) is 7.49. The highest BCUT2D eigenvalue weighted by Crippen LogP contribution is 2.25. The van der Waals surface area contributed by atoms with E-state index in [1.807, 2.05) is 0 Å². The molecular formula is C7H18OS3Si. The van der Waals surface area contributed by atoms with Gasteiger partial charge in [-0.1, -0.05) is 0 Å². The summed E-state index contributed by atoms with van der Waals surface area (Å²) in [5.74, 6) is 2.64. The monoisotopic (exact) mass is 242 g/mol. The number of hydrogen-bond acceptors (Lipinski definition) is 4. The van der Waals surface area contributed by atoms with Gasteiger partial charge < -0.3 is 4.43 Å². The molecule has 0 heterocycles. The van der Waals surface area contributed by atoms with Crippen molar-refractivity contribution in [1.29, 1.82) is 0 Å². The number of thiol groups is 3. The van der Waals surface area contributed by atoms with Crippen molar-refractivity contribution in [1.82, 2.24) is 0 Å². The first-order valence-corrected chi connectivity index (χ1v) is 6.84. The smallest absolute Gasteiger partial charge is 0.146 e. The first-order chi connectivity index (χ1) is 5.74. The summed E-state index contributed by atoms with van der Waals surface area (Å²) in [6.07, 6.45) is 3.04. The minimum Gasteiger partial charge on any atom is -0.422 e. The Morgan fingerprint density at radius 3 is 1.42 bits per heavy atom. The van der Waals surface area contributed by atoms with Gasteiger partial charge in [0.15, 0.2) is 0 Å². The highest BCUT2D eigenvalue weighted by Gasteiger charge is 2.26. The van der Waals surface area contributed by atoms with E-state index in [-0.39, 0.29) is 5.60 Å². The molecule has 0 spiro atoms. The van der Waals surface area contributed by atoms with Crippen LogP contribution in [0.2, 0.25) is 0 Å². The van der Waals surface area contributed by atoms with E-state index in [4.69, 9.17) is 4.43 Å². The molecule has 0 aromatic rings. The SMILES string of the molecule is [SiH3]OC(CCS)(CCS)CCS. The van der Waals surface area contributed by atoms with Gasteiger partial charge >= 0.3 is 0 Å². The molecule has 0 N–H and O–H groups in total. The van der Waals surface area contributed by atoms with Crippen LogP contribution in [0.1, 0.15) is 19.3 Å². The largest absolute Gasteiger partial charge is 0.422 e. The maximum Gasteiger partial charge on any atom is 0.146 e. The quantitative estimate of drug-likeness (QED) is 0.446. The second-order valence-electron chi connectivity index (χ2n) is 2.81. The van der Waals surface area contributed by atoms with E-state index in [1.54, 1.807) is 0 Å². The fourth-order valence-electron chi connectivity index (χ4n) is 1.29. The molecule has 1 nitrogen and oxygen atoms in total. The van der Waals surface area contributed by atoms with E-state index in [0.29, 0.717) is 0 Å². The Labute approximate surface area is 94.8 Å². The fraction of sp³-hybridized carbons (Fsp3) is 1.00. The van der Waals surface area contributed by atoms with Gasteiger partial charge in [0.25, 0.3) is 0 Å². The molecule has 0 aliphatic carbocycles. The normalized spacial score (nSPS) is 12.2. The molecule has 0 aliphatic heterocycles. The van der Waals surface area contributed by atoms with Crippen molar-refractivity contribution in [2.75, 3.05) is 17.3 Å². The third-order valence-electron chi connectivity index (χ3n) is 2.14. The summed E-state index contributed by atoms with van der Waals surface area (Å²) in [6, 6.07) is 0. The predicted octanol–water partition coefficient (Wildman–Crippen LogP) is 0.982. The molecule has 12 heavy (non-hydrogen) atoms. The zero-order valence-corrected chi connectivity index (χ0v) is 12.2. The molecule has 0 aromatic carbocycles. The van der Waals surface area contributed by atoms with Gasteiger partial charge in [-0.2, -0.15) is 37.9 Å². The lowest BCUT2D eigenvalue weighted by molar-refractivity contribution is 0.0710. The molecule has 0 unspecified atom stereocenters. The van der Waals surface area contributed by atoms with E-state index in [2.05, 4.69) is 37.9 Å². The average molecular weight is 243 g/mol. The molecule has 0 rings (SSSR count). The van der Waals surface area contributed by atoms with Crippen LogP contribution in [0, 0.1) is 0 Å². The Hall–Kier alpha value is 1.23. The molecule has 0 atom stereocenters. The van der Waals surface area contributed by atoms with Crippen molar-refractivity contribution in [2.45, 2.75) is 24.9 Å². The third kappa shape index (κ3) is 4.46. The van der Waals surface area contributed by atoms with Crippen LogP contribution < -0.4 is 0 Å². The summed E-state index contributed by atoms with van der Waals surface area (Å²) in [7, 11) is 0.787. The third-order valence-corrected chi connectivity index (χ3v) is 3.67. The van der Waals surface area contributed by atoms with Gasteiger partial charge in [0, 0.05) is 0 Å². The van der Waals surface area contributed by atoms with Crippen LogP contribution in [0.3, 0.4) is 0 Å². The second kappa shape index (κ2) is 7.61. The van der Waals surface area contributed by atoms with Crippen molar-refractivity contribution < 1.29 is 4.43 Å². The van der Waals surface area contributed by atoms with Gasteiger partial charge in [-0.3, -0.25) is 0 Å². The van der Waals surface area contributed by atoms with Crippen LogP contribution in [-0.4, -0.2) is 33.3 Å². The first kappa shape index (κ1) is 13.2. The molecule has 74 valence electrons. The molecule has 0 saturated carbocycles. The summed E-state index contributed by atoms with van der Waals surface area (Å²) in [4.78, 5) is 0. The van der Waals surface area contributed by atoms with Crippen LogP contribution in [-0.2, 0) is 4.43 Å². The summed E-state index contributed by atoms with van der Waals surface area (Å²) in [5, 5.41) is 0. The Balaban J connectivity index is 4.06. The molecule has 5 heteroatoms. The van der Waals surface area contributed by atoms with E-state index in [0.717, 1.165) is 47.0 Å². The fourth-order valence-corrected chi connectivity index (χ4v) is 3.13. The van der Waals surface area contributed by atoms with Crippen molar-refractivity contribution in [3.05, 3.63) is 0 Å². The molecule has 0 radical (unpaired) electrons. The van der Waals surface area contributed by atoms with Gasteiger partial charge in [0.05, 0.1) is 5.60 Å². The van der Waals surface area contributed by atoms with E-state index in [1.165, 1.54) is 0 Å². The van der Waals surface area contributed by atoms with Crippen molar-refractivity contribution in [3.8, 4) is 0 Å². The molecule has 0 fully saturated rings. The minimum atomic E-state index is 0.0253. The predicted molar refractivity (Wildman–Crippen MR) is 69.2 cm³/mol. The summed E-state index contributed by atoms with van der Waals surface area (Å²) in [5.41, 5.74) is 0.0253. The van der Waals surface area contributed by atoms with Crippen molar-refractivity contribution in [2.24, 2.45) is 0 Å². The van der Waals surface area contributed by atoms with Gasteiger partial charge in [0.2, 0.25) is 0 Å². The molecule has 0 saturated heterocycles. The van der Waals surface area contributed by atoms with Crippen LogP contribution in [0.5, 0.6) is 0 Å². The van der Waals surface area contributed by atoms with Gasteiger partial charge in [-0.05, 0) is 36.5 Å². The van der Waals surface area contributed by atoms with E-state index in [9.17, 15) is 0 Å². The Bertz CT molecular complexity index is 95.8. The van der Waals surface area contributed by atoms with Crippen LogP contribution >= 0.6 is 37.9 Å². The van der Waals surface area contributed by atoms with E-state index >= 15 is 0 Å². The van der Waals surface area contributed by atoms with E-state index < -0.39 is 0 Å². The standard InChI is InChI=1S/C7H18OS3Si/c9-4-1-7(8-12,2-5-10)3-6-11/h9-11H,1-6H2,12H3. The highest BCUT2D eigenvalue weighted by molar-refractivity contribution is 7.80. The maximum absolute atomic E-state index is 5.65. The zero-order chi connectivity index (χ0) is 9.45. The molecule has 0 amide bonds. The second-order valence-corrected chi connectivity index (χ2v) is 4.56. The van der Waals surface area contributed by atoms with Gasteiger partial charge in [-0.25, -0.2) is 0 Å². The highest BCUT2D eigenvalue weighted by atomic mass is 32.1.